The van der Waals surface area contributed by atoms with Crippen molar-refractivity contribution in [3.63, 3.8) is 0 Å². The van der Waals surface area contributed by atoms with Crippen LogP contribution in [-0.4, -0.2) is 35.4 Å². The molecule has 2 aromatic carbocycles. The van der Waals surface area contributed by atoms with Crippen LogP contribution in [0.3, 0.4) is 0 Å². The van der Waals surface area contributed by atoms with Gasteiger partial charge in [0, 0.05) is 28.8 Å². The fourth-order valence-corrected chi connectivity index (χ4v) is 6.09. The summed E-state index contributed by atoms with van der Waals surface area (Å²) in [6, 6.07) is 5.56. The van der Waals surface area contributed by atoms with Crippen molar-refractivity contribution in [2.45, 2.75) is 55.8 Å². The van der Waals surface area contributed by atoms with Crippen LogP contribution in [0.25, 0.3) is 10.9 Å². The normalized spacial score (nSPS) is 20.2. The third kappa shape index (κ3) is 4.39. The molecule has 0 saturated heterocycles. The topological polar surface area (TPSA) is 96.6 Å². The number of carboxylic acid groups (broad SMARTS) is 1. The Bertz CT molecular complexity index is 1440. The van der Waals surface area contributed by atoms with Gasteiger partial charge in [0.1, 0.15) is 5.82 Å². The first-order valence-corrected chi connectivity index (χ1v) is 13.2. The van der Waals surface area contributed by atoms with Crippen LogP contribution in [0.1, 0.15) is 67.1 Å². The molecule has 0 amide bonds. The van der Waals surface area contributed by atoms with Gasteiger partial charge < -0.3 is 14.8 Å². The number of aliphatic hydroxyl groups excluding tert-OH is 1. The maximum atomic E-state index is 14.6. The van der Waals surface area contributed by atoms with Gasteiger partial charge in [-0.2, -0.15) is 13.2 Å². The zero-order chi connectivity index (χ0) is 26.7. The Morgan fingerprint density at radius 3 is 2.25 bits per heavy atom. The molecule has 6 nitrogen and oxygen atoms in total. The molecule has 1 unspecified atom stereocenters. The van der Waals surface area contributed by atoms with Crippen LogP contribution in [-0.2, 0) is 20.8 Å². The zero-order valence-corrected chi connectivity index (χ0v) is 20.5. The van der Waals surface area contributed by atoms with E-state index in [9.17, 15) is 41.0 Å². The minimum absolute atomic E-state index is 0.0832. The molecule has 1 aliphatic rings. The SMILES string of the molecule is CC(C(=O)O)[C@H]1CC[C@@H](O)c2c1n([C@@H](C)c1ccc(C(F)(F)F)cc1)c1c(S(C)(=O)=O)cc(F)cc21. The highest BCUT2D eigenvalue weighted by Gasteiger charge is 2.40. The molecule has 11 heteroatoms. The number of hydrogen-bond acceptors (Lipinski definition) is 4. The molecule has 0 fully saturated rings. The molecule has 1 heterocycles. The lowest BCUT2D eigenvalue weighted by atomic mass is 9.78. The molecule has 36 heavy (non-hydrogen) atoms. The van der Waals surface area contributed by atoms with Gasteiger partial charge >= 0.3 is 12.1 Å². The van der Waals surface area contributed by atoms with Crippen LogP contribution in [0, 0.1) is 11.7 Å². The zero-order valence-electron chi connectivity index (χ0n) is 19.7. The predicted molar refractivity (Wildman–Crippen MR) is 124 cm³/mol. The van der Waals surface area contributed by atoms with Crippen LogP contribution in [0.5, 0.6) is 0 Å². The second-order valence-electron chi connectivity index (χ2n) is 9.36. The van der Waals surface area contributed by atoms with Crippen molar-refractivity contribution in [3.8, 4) is 0 Å². The number of halogens is 4. The first-order valence-electron chi connectivity index (χ1n) is 11.3. The number of rotatable bonds is 5. The van der Waals surface area contributed by atoms with Gasteiger partial charge in [0.15, 0.2) is 9.84 Å². The first kappa shape index (κ1) is 26.2. The quantitative estimate of drug-likeness (QED) is 0.431. The summed E-state index contributed by atoms with van der Waals surface area (Å²) in [5.41, 5.74) is 0.219. The van der Waals surface area contributed by atoms with Gasteiger partial charge in [0.2, 0.25) is 0 Å². The number of fused-ring (bicyclic) bond motifs is 3. The van der Waals surface area contributed by atoms with Crippen LogP contribution in [0.15, 0.2) is 41.3 Å². The average molecular weight is 528 g/mol. The molecule has 1 aromatic heterocycles. The second kappa shape index (κ2) is 8.88. The van der Waals surface area contributed by atoms with E-state index in [-0.39, 0.29) is 34.2 Å². The Morgan fingerprint density at radius 1 is 1.11 bits per heavy atom. The third-order valence-electron chi connectivity index (χ3n) is 7.04. The van der Waals surface area contributed by atoms with Crippen LogP contribution in [0.4, 0.5) is 17.6 Å². The van der Waals surface area contributed by atoms with Gasteiger partial charge in [0.25, 0.3) is 0 Å². The number of alkyl halides is 3. The predicted octanol–water partition coefficient (Wildman–Crippen LogP) is 5.44. The monoisotopic (exact) mass is 527 g/mol. The Hall–Kier alpha value is -2.92. The summed E-state index contributed by atoms with van der Waals surface area (Å²) < 4.78 is 81.0. The lowest BCUT2D eigenvalue weighted by molar-refractivity contribution is -0.142. The average Bonchev–Trinajstić information content (AvgIpc) is 3.12. The summed E-state index contributed by atoms with van der Waals surface area (Å²) in [4.78, 5) is 11.6. The molecule has 0 spiro atoms. The summed E-state index contributed by atoms with van der Waals surface area (Å²) >= 11 is 0. The molecule has 0 bridgehead atoms. The number of sulfone groups is 1. The van der Waals surface area contributed by atoms with Crippen LogP contribution < -0.4 is 0 Å². The second-order valence-corrected chi connectivity index (χ2v) is 11.3. The maximum Gasteiger partial charge on any atom is 0.416 e. The summed E-state index contributed by atoms with van der Waals surface area (Å²) in [6.07, 6.45) is -4.28. The number of hydrogen-bond donors (Lipinski definition) is 2. The van der Waals surface area contributed by atoms with Crippen molar-refractivity contribution in [1.82, 2.24) is 4.57 Å². The minimum Gasteiger partial charge on any atom is -0.481 e. The molecule has 1 aliphatic carbocycles. The number of aromatic nitrogens is 1. The van der Waals surface area contributed by atoms with Crippen molar-refractivity contribution < 1.29 is 41.0 Å². The fraction of sp³-hybridized carbons (Fsp3) is 0.400. The lowest BCUT2D eigenvalue weighted by Crippen LogP contribution is -2.27. The molecule has 2 N–H and O–H groups in total. The lowest BCUT2D eigenvalue weighted by Gasteiger charge is -2.32. The van der Waals surface area contributed by atoms with Crippen molar-refractivity contribution in [3.05, 3.63) is 64.6 Å². The number of benzene rings is 2. The number of aliphatic carboxylic acids is 1. The van der Waals surface area contributed by atoms with Crippen molar-refractivity contribution in [2.75, 3.05) is 6.26 Å². The first-order chi connectivity index (χ1) is 16.6. The van der Waals surface area contributed by atoms with E-state index in [1.807, 2.05) is 0 Å². The Kier molecular flexibility index (Phi) is 6.45. The molecule has 0 saturated carbocycles. The number of nitrogens with zero attached hydrogens (tertiary/aromatic N) is 1. The van der Waals surface area contributed by atoms with E-state index < -0.39 is 57.3 Å². The molecule has 0 aliphatic heterocycles. The van der Waals surface area contributed by atoms with Crippen molar-refractivity contribution in [1.29, 1.82) is 0 Å². The summed E-state index contributed by atoms with van der Waals surface area (Å²) in [7, 11) is -3.99. The molecule has 0 radical (unpaired) electrons. The molecule has 3 aromatic rings. The maximum absolute atomic E-state index is 14.6. The Labute approximate surface area is 205 Å². The van der Waals surface area contributed by atoms with Crippen LogP contribution in [0.2, 0.25) is 0 Å². The minimum atomic E-state index is -4.55. The van der Waals surface area contributed by atoms with E-state index in [1.165, 1.54) is 19.1 Å². The van der Waals surface area contributed by atoms with Gasteiger partial charge in [-0.3, -0.25) is 4.79 Å². The summed E-state index contributed by atoms with van der Waals surface area (Å²) in [5, 5.41) is 20.8. The highest BCUT2D eigenvalue weighted by molar-refractivity contribution is 7.91. The van der Waals surface area contributed by atoms with Gasteiger partial charge in [0.05, 0.1) is 34.0 Å². The summed E-state index contributed by atoms with van der Waals surface area (Å²) in [5.74, 6) is -3.52. The molecular weight excluding hydrogens is 502 g/mol. The van der Waals surface area contributed by atoms with Crippen molar-refractivity contribution >= 4 is 26.7 Å². The van der Waals surface area contributed by atoms with Gasteiger partial charge in [-0.15, -0.1) is 0 Å². The Balaban J connectivity index is 2.10. The highest BCUT2D eigenvalue weighted by Crippen LogP contribution is 2.49. The Morgan fingerprint density at radius 2 is 1.72 bits per heavy atom. The third-order valence-corrected chi connectivity index (χ3v) is 8.15. The van der Waals surface area contributed by atoms with Gasteiger partial charge in [-0.25, -0.2) is 12.8 Å². The van der Waals surface area contributed by atoms with E-state index in [4.69, 9.17) is 0 Å². The standard InChI is InChI=1S/C25H25F4NO5S/c1-12(24(32)33)17-8-9-19(31)21-18-10-16(26)11-20(36(3,34)35)22(18)30(23(17)21)13(2)14-4-6-15(7-5-14)25(27,28)29/h4-7,10-13,17,19,31H,8-9H2,1-3H3,(H,32,33)/t12?,13-,17+,19+/m0/s1. The van der Waals surface area contributed by atoms with Crippen molar-refractivity contribution in [2.24, 2.45) is 5.92 Å². The van der Waals surface area contributed by atoms with E-state index in [0.29, 0.717) is 11.3 Å². The van der Waals surface area contributed by atoms with E-state index in [1.54, 1.807) is 11.5 Å². The number of carboxylic acids is 1. The number of carbonyl (C=O) groups is 1. The van der Waals surface area contributed by atoms with Gasteiger partial charge in [-0.05, 0) is 49.6 Å². The van der Waals surface area contributed by atoms with Gasteiger partial charge in [-0.1, -0.05) is 19.1 Å². The largest absolute Gasteiger partial charge is 0.481 e. The highest BCUT2D eigenvalue weighted by atomic mass is 32.2. The summed E-state index contributed by atoms with van der Waals surface area (Å²) in [6.45, 7) is 3.14. The number of aliphatic hydroxyl groups is 1. The van der Waals surface area contributed by atoms with E-state index >= 15 is 0 Å². The molecular formula is C25H25F4NO5S. The van der Waals surface area contributed by atoms with E-state index in [2.05, 4.69) is 0 Å². The fourth-order valence-electron chi connectivity index (χ4n) is 5.21. The van der Waals surface area contributed by atoms with Crippen LogP contribution >= 0.6 is 0 Å². The molecule has 194 valence electrons. The molecule has 4 rings (SSSR count). The smallest absolute Gasteiger partial charge is 0.416 e. The van der Waals surface area contributed by atoms with E-state index in [0.717, 1.165) is 30.5 Å². The molecule has 4 atom stereocenters.